The number of nitriles is 1. The summed E-state index contributed by atoms with van der Waals surface area (Å²) < 4.78 is 29.0. The molecule has 0 spiro atoms. The Kier molecular flexibility index (Phi) is 4.74. The number of nitrogens with one attached hydrogen (secondary N) is 1. The van der Waals surface area contributed by atoms with Gasteiger partial charge < -0.3 is 10.3 Å². The first kappa shape index (κ1) is 18.7. The molecule has 2 aromatic rings. The molecule has 0 heterocycles. The van der Waals surface area contributed by atoms with E-state index in [9.17, 15) is 14.2 Å². The number of halogens is 1. The lowest BCUT2D eigenvalue weighted by molar-refractivity contribution is 0.539. The molecule has 3 rings (SSSR count). The van der Waals surface area contributed by atoms with Crippen molar-refractivity contribution >= 4 is 17.0 Å². The van der Waals surface area contributed by atoms with Gasteiger partial charge in [-0.25, -0.2) is 4.39 Å². The van der Waals surface area contributed by atoms with Crippen LogP contribution in [-0.2, 0) is 16.8 Å². The summed E-state index contributed by atoms with van der Waals surface area (Å²) in [6, 6.07) is 14.1. The van der Waals surface area contributed by atoms with Gasteiger partial charge in [0.05, 0.1) is 23.4 Å². The Hall–Kier alpha value is -2.07. The summed E-state index contributed by atoms with van der Waals surface area (Å²) in [6.07, 6.45) is 0.703. The molecule has 6 heteroatoms. The Morgan fingerprint density at radius 3 is 2.58 bits per heavy atom. The molecular formula is C20H22FN3OS. The van der Waals surface area contributed by atoms with E-state index < -0.39 is 27.3 Å². The Bertz CT molecular complexity index is 874. The van der Waals surface area contributed by atoms with E-state index in [0.717, 1.165) is 11.1 Å². The second-order valence-electron chi connectivity index (χ2n) is 7.66. The van der Waals surface area contributed by atoms with Crippen LogP contribution in [0.3, 0.4) is 0 Å². The van der Waals surface area contributed by atoms with E-state index in [-0.39, 0.29) is 11.7 Å². The van der Waals surface area contributed by atoms with Gasteiger partial charge in [0.1, 0.15) is 10.6 Å². The van der Waals surface area contributed by atoms with Crippen molar-refractivity contribution in [1.82, 2.24) is 4.72 Å². The molecule has 3 atom stereocenters. The molecule has 1 aliphatic rings. The van der Waals surface area contributed by atoms with E-state index in [2.05, 4.69) is 10.8 Å². The van der Waals surface area contributed by atoms with E-state index in [1.54, 1.807) is 18.2 Å². The summed E-state index contributed by atoms with van der Waals surface area (Å²) >= 11 is -1.24. The first-order valence-corrected chi connectivity index (χ1v) is 9.57. The fraction of sp³-hybridized carbons (Fsp3) is 0.350. The lowest BCUT2D eigenvalue weighted by Crippen LogP contribution is -2.42. The number of nitrogens with zero attached hydrogens (tertiary/aromatic N) is 1. The van der Waals surface area contributed by atoms with Crippen LogP contribution in [0.15, 0.2) is 42.5 Å². The van der Waals surface area contributed by atoms with Gasteiger partial charge in [0.2, 0.25) is 0 Å². The van der Waals surface area contributed by atoms with E-state index in [1.807, 2.05) is 39.0 Å². The van der Waals surface area contributed by atoms with Gasteiger partial charge in [-0.3, -0.25) is 0 Å². The van der Waals surface area contributed by atoms with Crippen LogP contribution < -0.4 is 10.5 Å². The van der Waals surface area contributed by atoms with Crippen LogP contribution >= 0.6 is 0 Å². The molecule has 136 valence electrons. The highest BCUT2D eigenvalue weighted by atomic mass is 32.2. The highest BCUT2D eigenvalue weighted by Gasteiger charge is 2.59. The van der Waals surface area contributed by atoms with Crippen molar-refractivity contribution in [3.8, 4) is 6.07 Å². The quantitative estimate of drug-likeness (QED) is 0.637. The van der Waals surface area contributed by atoms with Gasteiger partial charge in [0.15, 0.2) is 0 Å². The zero-order chi connectivity index (χ0) is 19.1. The molecule has 0 saturated heterocycles. The van der Waals surface area contributed by atoms with Crippen LogP contribution in [0.1, 0.15) is 43.9 Å². The fourth-order valence-electron chi connectivity index (χ4n) is 3.20. The van der Waals surface area contributed by atoms with Crippen molar-refractivity contribution in [3.63, 3.8) is 0 Å². The second kappa shape index (κ2) is 6.58. The molecule has 1 fully saturated rings. The predicted molar refractivity (Wildman–Crippen MR) is 102 cm³/mol. The number of benzene rings is 2. The maximum absolute atomic E-state index is 13.7. The molecule has 0 amide bonds. The Balaban J connectivity index is 2.04. The third kappa shape index (κ3) is 3.30. The maximum atomic E-state index is 13.7. The van der Waals surface area contributed by atoms with Gasteiger partial charge in [-0.05, 0) is 62.6 Å². The lowest BCUT2D eigenvalue weighted by atomic mass is 9.86. The first-order valence-electron chi connectivity index (χ1n) is 8.42. The Morgan fingerprint density at radius 2 is 1.96 bits per heavy atom. The fourth-order valence-corrected chi connectivity index (χ4v) is 4.10. The average Bonchev–Trinajstić information content (AvgIpc) is 3.31. The van der Waals surface area contributed by atoms with Crippen LogP contribution in [0.4, 0.5) is 10.1 Å². The highest BCUT2D eigenvalue weighted by molar-refractivity contribution is 7.90. The first-order chi connectivity index (χ1) is 12.2. The molecule has 0 bridgehead atoms. The SMILES string of the molecule is CC(C)(C)[S@@+]([O-])N[C@@H]1C[C@@]1(c1cccc(C#N)c1)c1ccc(F)c(N)c1. The third-order valence-electron chi connectivity index (χ3n) is 4.78. The average molecular weight is 371 g/mol. The summed E-state index contributed by atoms with van der Waals surface area (Å²) in [6.45, 7) is 5.73. The molecule has 0 unspecified atom stereocenters. The normalized spacial score (nSPS) is 23.3. The van der Waals surface area contributed by atoms with E-state index >= 15 is 0 Å². The minimum absolute atomic E-state index is 0.0821. The molecule has 1 aliphatic carbocycles. The number of nitrogen functional groups attached to an aromatic ring is 1. The van der Waals surface area contributed by atoms with E-state index in [1.165, 1.54) is 6.07 Å². The molecule has 26 heavy (non-hydrogen) atoms. The molecule has 4 nitrogen and oxygen atoms in total. The summed E-state index contributed by atoms with van der Waals surface area (Å²) in [5, 5.41) is 9.23. The second-order valence-corrected chi connectivity index (χ2v) is 9.65. The topological polar surface area (TPSA) is 84.9 Å². The molecule has 3 N–H and O–H groups in total. The lowest BCUT2D eigenvalue weighted by Gasteiger charge is -2.26. The summed E-state index contributed by atoms with van der Waals surface area (Å²) in [5.41, 5.74) is 7.74. The number of hydrogen-bond donors (Lipinski definition) is 2. The minimum atomic E-state index is -1.24. The van der Waals surface area contributed by atoms with Gasteiger partial charge in [0, 0.05) is 16.8 Å². The number of anilines is 1. The van der Waals surface area contributed by atoms with Crippen molar-refractivity contribution in [1.29, 1.82) is 5.26 Å². The smallest absolute Gasteiger partial charge is 0.146 e. The molecule has 0 aliphatic heterocycles. The van der Waals surface area contributed by atoms with Crippen LogP contribution in [0.25, 0.3) is 0 Å². The molecule has 2 aromatic carbocycles. The van der Waals surface area contributed by atoms with Crippen molar-refractivity contribution in [2.45, 2.75) is 43.4 Å². The standard InChI is InChI=1S/C20H22FN3OS/c1-19(2,3)26(25)24-18-11-20(18,14-6-4-5-13(9-14)12-22)15-7-8-16(21)17(23)10-15/h4-10,18,24H,11,23H2,1-3H3/t18-,20-,26-/m1/s1. The third-order valence-corrected chi connectivity index (χ3v) is 6.40. The zero-order valence-electron chi connectivity index (χ0n) is 15.0. The number of nitrogens with two attached hydrogens (primary N) is 1. The van der Waals surface area contributed by atoms with E-state index in [4.69, 9.17) is 5.73 Å². The van der Waals surface area contributed by atoms with Gasteiger partial charge in [0.25, 0.3) is 0 Å². The number of rotatable bonds is 4. The van der Waals surface area contributed by atoms with Crippen LogP contribution in [0, 0.1) is 17.1 Å². The molecular weight excluding hydrogens is 349 g/mol. The summed E-state index contributed by atoms with van der Waals surface area (Å²) in [4.78, 5) is 0. The van der Waals surface area contributed by atoms with Crippen LogP contribution in [0.5, 0.6) is 0 Å². The van der Waals surface area contributed by atoms with Crippen LogP contribution in [-0.4, -0.2) is 15.3 Å². The minimum Gasteiger partial charge on any atom is -0.598 e. The van der Waals surface area contributed by atoms with Crippen molar-refractivity contribution in [3.05, 3.63) is 65.0 Å². The summed E-state index contributed by atoms with van der Waals surface area (Å²) in [7, 11) is 0. The zero-order valence-corrected chi connectivity index (χ0v) is 15.9. The molecule has 0 radical (unpaired) electrons. The molecule has 1 saturated carbocycles. The largest absolute Gasteiger partial charge is 0.598 e. The number of hydrogen-bond acceptors (Lipinski definition) is 4. The van der Waals surface area contributed by atoms with Gasteiger partial charge >= 0.3 is 0 Å². The van der Waals surface area contributed by atoms with Crippen LogP contribution in [0.2, 0.25) is 0 Å². The monoisotopic (exact) mass is 371 g/mol. The Morgan fingerprint density at radius 1 is 1.27 bits per heavy atom. The maximum Gasteiger partial charge on any atom is 0.146 e. The van der Waals surface area contributed by atoms with Gasteiger partial charge in [-0.2, -0.15) is 5.26 Å². The summed E-state index contributed by atoms with van der Waals surface area (Å²) in [5.74, 6) is -0.460. The predicted octanol–water partition coefficient (Wildman–Crippen LogP) is 3.39. The van der Waals surface area contributed by atoms with Crippen molar-refractivity contribution < 1.29 is 8.94 Å². The highest BCUT2D eigenvalue weighted by Crippen LogP contribution is 2.54. The van der Waals surface area contributed by atoms with E-state index in [0.29, 0.717) is 12.0 Å². The van der Waals surface area contributed by atoms with Crippen molar-refractivity contribution in [2.24, 2.45) is 0 Å². The van der Waals surface area contributed by atoms with Gasteiger partial charge in [-0.15, -0.1) is 4.72 Å². The molecule has 0 aromatic heterocycles. The van der Waals surface area contributed by atoms with Gasteiger partial charge in [-0.1, -0.05) is 18.2 Å². The van der Waals surface area contributed by atoms with Crippen molar-refractivity contribution in [2.75, 3.05) is 5.73 Å². The Labute approximate surface area is 156 Å².